The number of anilines is 1. The summed E-state index contributed by atoms with van der Waals surface area (Å²) in [4.78, 5) is 27.1. The molecular weight excluding hydrogens is 376 g/mol. The van der Waals surface area contributed by atoms with Crippen LogP contribution in [0.2, 0.25) is 0 Å². The van der Waals surface area contributed by atoms with E-state index in [1.165, 1.54) is 22.5 Å². The van der Waals surface area contributed by atoms with E-state index in [4.69, 9.17) is 4.98 Å². The Balaban J connectivity index is 1.50. The molecule has 7 heteroatoms. The quantitative estimate of drug-likeness (QED) is 0.665. The standard InChI is InChI=1S/C20H22N4OS2/c1-13-4-5-16(14(2)12-13)18-22-15(3)17(27-18)19(25)23-7-9-24(10-8-23)20-21-6-11-26-20/h4-6,11-12H,7-10H2,1-3H3. The van der Waals surface area contributed by atoms with Gasteiger partial charge in [-0.15, -0.1) is 22.7 Å². The predicted molar refractivity (Wildman–Crippen MR) is 112 cm³/mol. The highest BCUT2D eigenvalue weighted by atomic mass is 32.1. The fraction of sp³-hybridized carbons (Fsp3) is 0.350. The number of nitrogens with zero attached hydrogens (tertiary/aromatic N) is 4. The third-order valence-electron chi connectivity index (χ3n) is 4.86. The maximum absolute atomic E-state index is 13.1. The molecule has 0 unspecified atom stereocenters. The zero-order chi connectivity index (χ0) is 19.0. The van der Waals surface area contributed by atoms with E-state index in [0.29, 0.717) is 13.1 Å². The summed E-state index contributed by atoms with van der Waals surface area (Å²) in [5, 5.41) is 3.95. The topological polar surface area (TPSA) is 49.3 Å². The van der Waals surface area contributed by atoms with Crippen LogP contribution in [-0.4, -0.2) is 47.0 Å². The second-order valence-corrected chi connectivity index (χ2v) is 8.72. The lowest BCUT2D eigenvalue weighted by atomic mass is 10.1. The molecule has 27 heavy (non-hydrogen) atoms. The van der Waals surface area contributed by atoms with Gasteiger partial charge in [0.2, 0.25) is 0 Å². The number of piperazine rings is 1. The molecule has 4 rings (SSSR count). The predicted octanol–water partition coefficient (Wildman–Crippen LogP) is 4.15. The number of aryl methyl sites for hydroxylation is 3. The van der Waals surface area contributed by atoms with Crippen LogP contribution in [0.25, 0.3) is 10.6 Å². The van der Waals surface area contributed by atoms with Crippen molar-refractivity contribution in [1.29, 1.82) is 0 Å². The minimum atomic E-state index is 0.0970. The lowest BCUT2D eigenvalue weighted by Crippen LogP contribution is -2.48. The molecule has 0 bridgehead atoms. The van der Waals surface area contributed by atoms with E-state index in [2.05, 4.69) is 41.9 Å². The normalized spacial score (nSPS) is 14.6. The largest absolute Gasteiger partial charge is 0.345 e. The zero-order valence-electron chi connectivity index (χ0n) is 15.7. The molecule has 1 fully saturated rings. The first-order valence-electron chi connectivity index (χ1n) is 9.01. The first-order chi connectivity index (χ1) is 13.0. The second-order valence-electron chi connectivity index (χ2n) is 6.85. The number of carbonyl (C=O) groups is 1. The van der Waals surface area contributed by atoms with Crippen LogP contribution in [0.5, 0.6) is 0 Å². The fourth-order valence-corrected chi connectivity index (χ4v) is 5.20. The molecule has 0 atom stereocenters. The Kier molecular flexibility index (Phi) is 4.97. The monoisotopic (exact) mass is 398 g/mol. The van der Waals surface area contributed by atoms with Crippen LogP contribution in [0, 0.1) is 20.8 Å². The van der Waals surface area contributed by atoms with Gasteiger partial charge in [-0.3, -0.25) is 4.79 Å². The molecule has 1 aliphatic rings. The van der Waals surface area contributed by atoms with Crippen molar-refractivity contribution in [2.45, 2.75) is 20.8 Å². The molecule has 0 N–H and O–H groups in total. The van der Waals surface area contributed by atoms with Gasteiger partial charge in [-0.25, -0.2) is 9.97 Å². The van der Waals surface area contributed by atoms with Gasteiger partial charge in [0, 0.05) is 43.3 Å². The summed E-state index contributed by atoms with van der Waals surface area (Å²) in [6, 6.07) is 6.35. The summed E-state index contributed by atoms with van der Waals surface area (Å²) in [7, 11) is 0. The van der Waals surface area contributed by atoms with E-state index in [-0.39, 0.29) is 5.91 Å². The molecule has 140 valence electrons. The third-order valence-corrected chi connectivity index (χ3v) is 6.87. The van der Waals surface area contributed by atoms with Gasteiger partial charge in [-0.1, -0.05) is 23.8 Å². The highest BCUT2D eigenvalue weighted by Gasteiger charge is 2.26. The number of thiazole rings is 2. The molecule has 1 amide bonds. The summed E-state index contributed by atoms with van der Waals surface area (Å²) >= 11 is 3.15. The highest BCUT2D eigenvalue weighted by molar-refractivity contribution is 7.17. The Morgan fingerprint density at radius 1 is 1.11 bits per heavy atom. The Bertz CT molecular complexity index is 957. The number of amides is 1. The Labute approximate surface area is 167 Å². The molecule has 3 aromatic rings. The third kappa shape index (κ3) is 3.61. The lowest BCUT2D eigenvalue weighted by molar-refractivity contribution is 0.0750. The minimum Gasteiger partial charge on any atom is -0.345 e. The van der Waals surface area contributed by atoms with E-state index >= 15 is 0 Å². The van der Waals surface area contributed by atoms with Crippen molar-refractivity contribution in [2.75, 3.05) is 31.1 Å². The molecule has 0 aliphatic carbocycles. The number of hydrogen-bond donors (Lipinski definition) is 0. The minimum absolute atomic E-state index is 0.0970. The number of rotatable bonds is 3. The van der Waals surface area contributed by atoms with E-state index in [0.717, 1.165) is 39.4 Å². The molecule has 0 radical (unpaired) electrons. The molecule has 3 heterocycles. The van der Waals surface area contributed by atoms with Crippen LogP contribution in [-0.2, 0) is 0 Å². The molecule has 0 spiro atoms. The second kappa shape index (κ2) is 7.40. The van der Waals surface area contributed by atoms with Crippen LogP contribution >= 0.6 is 22.7 Å². The number of hydrogen-bond acceptors (Lipinski definition) is 6. The van der Waals surface area contributed by atoms with Crippen molar-refractivity contribution in [3.05, 3.63) is 51.5 Å². The molecule has 2 aromatic heterocycles. The fourth-order valence-electron chi connectivity index (χ4n) is 3.38. The van der Waals surface area contributed by atoms with Gasteiger partial charge in [0.05, 0.1) is 5.69 Å². The lowest BCUT2D eigenvalue weighted by Gasteiger charge is -2.34. The van der Waals surface area contributed by atoms with Crippen LogP contribution in [0.1, 0.15) is 26.5 Å². The summed E-state index contributed by atoms with van der Waals surface area (Å²) in [6.45, 7) is 9.19. The van der Waals surface area contributed by atoms with Crippen LogP contribution < -0.4 is 4.90 Å². The Morgan fingerprint density at radius 3 is 2.56 bits per heavy atom. The van der Waals surface area contributed by atoms with Crippen molar-refractivity contribution >= 4 is 33.7 Å². The van der Waals surface area contributed by atoms with Crippen molar-refractivity contribution < 1.29 is 4.79 Å². The maximum atomic E-state index is 13.1. The number of aromatic nitrogens is 2. The van der Waals surface area contributed by atoms with Crippen molar-refractivity contribution in [3.63, 3.8) is 0 Å². The zero-order valence-corrected chi connectivity index (χ0v) is 17.4. The van der Waals surface area contributed by atoms with Gasteiger partial charge in [-0.05, 0) is 26.3 Å². The van der Waals surface area contributed by atoms with Crippen molar-refractivity contribution in [3.8, 4) is 10.6 Å². The van der Waals surface area contributed by atoms with E-state index in [9.17, 15) is 4.79 Å². The highest BCUT2D eigenvalue weighted by Crippen LogP contribution is 2.31. The Morgan fingerprint density at radius 2 is 1.89 bits per heavy atom. The first-order valence-corrected chi connectivity index (χ1v) is 10.7. The molecule has 1 saturated heterocycles. The molecule has 1 aliphatic heterocycles. The van der Waals surface area contributed by atoms with E-state index in [1.807, 2.05) is 23.4 Å². The van der Waals surface area contributed by atoms with Crippen LogP contribution in [0.15, 0.2) is 29.8 Å². The van der Waals surface area contributed by atoms with Gasteiger partial charge in [0.1, 0.15) is 9.88 Å². The molecule has 0 saturated carbocycles. The number of benzene rings is 1. The summed E-state index contributed by atoms with van der Waals surface area (Å²) in [5.74, 6) is 0.0970. The van der Waals surface area contributed by atoms with Gasteiger partial charge < -0.3 is 9.80 Å². The number of carbonyl (C=O) groups excluding carboxylic acids is 1. The van der Waals surface area contributed by atoms with Crippen molar-refractivity contribution in [1.82, 2.24) is 14.9 Å². The molecule has 5 nitrogen and oxygen atoms in total. The van der Waals surface area contributed by atoms with Gasteiger partial charge >= 0.3 is 0 Å². The van der Waals surface area contributed by atoms with Gasteiger partial charge in [0.15, 0.2) is 5.13 Å². The first kappa shape index (κ1) is 18.1. The van der Waals surface area contributed by atoms with Crippen LogP contribution in [0.4, 0.5) is 5.13 Å². The summed E-state index contributed by atoms with van der Waals surface area (Å²) in [5.41, 5.74) is 4.36. The molecular formula is C20H22N4OS2. The average molecular weight is 399 g/mol. The SMILES string of the molecule is Cc1ccc(-c2nc(C)c(C(=O)N3CCN(c4nccs4)CC3)s2)c(C)c1. The Hall–Kier alpha value is -2.25. The maximum Gasteiger partial charge on any atom is 0.265 e. The average Bonchev–Trinajstić information content (AvgIpc) is 3.31. The molecule has 1 aromatic carbocycles. The van der Waals surface area contributed by atoms with Crippen molar-refractivity contribution in [2.24, 2.45) is 0 Å². The van der Waals surface area contributed by atoms with E-state index < -0.39 is 0 Å². The van der Waals surface area contributed by atoms with Gasteiger partial charge in [0.25, 0.3) is 5.91 Å². The smallest absolute Gasteiger partial charge is 0.265 e. The van der Waals surface area contributed by atoms with Gasteiger partial charge in [-0.2, -0.15) is 0 Å². The van der Waals surface area contributed by atoms with Crippen LogP contribution in [0.3, 0.4) is 0 Å². The van der Waals surface area contributed by atoms with E-state index in [1.54, 1.807) is 11.3 Å². The summed E-state index contributed by atoms with van der Waals surface area (Å²) in [6.07, 6.45) is 1.83. The summed E-state index contributed by atoms with van der Waals surface area (Å²) < 4.78 is 0.